The number of rotatable bonds is 4. The first-order chi connectivity index (χ1) is 15.1. The van der Waals surface area contributed by atoms with E-state index in [4.69, 9.17) is 4.84 Å². The second kappa shape index (κ2) is 7.29. The summed E-state index contributed by atoms with van der Waals surface area (Å²) in [5, 5.41) is 12.5. The summed E-state index contributed by atoms with van der Waals surface area (Å²) in [6.45, 7) is 0. The highest BCUT2D eigenvalue weighted by atomic mass is 16.7. The number of amides is 2. The smallest absolute Gasteiger partial charge is 0.269 e. The molecule has 9 nitrogen and oxygen atoms in total. The van der Waals surface area contributed by atoms with Crippen molar-refractivity contribution in [1.29, 1.82) is 0 Å². The lowest BCUT2D eigenvalue weighted by Crippen LogP contribution is -2.37. The maximum absolute atomic E-state index is 13.4. The SMILES string of the molecule is O=C1[C@H]2[C@H](ON(c3ccccc3)[C@@H]2c2cccnc2)C(=O)N1c1ccc([N+](=O)[O-])cc1. The van der Waals surface area contributed by atoms with Crippen LogP contribution in [0.15, 0.2) is 79.1 Å². The van der Waals surface area contributed by atoms with Crippen LogP contribution in [-0.2, 0) is 14.4 Å². The summed E-state index contributed by atoms with van der Waals surface area (Å²) in [7, 11) is 0. The number of carbonyl (C=O) groups excluding carboxylic acids is 2. The summed E-state index contributed by atoms with van der Waals surface area (Å²) in [5.41, 5.74) is 1.61. The summed E-state index contributed by atoms with van der Waals surface area (Å²) in [5.74, 6) is -1.71. The van der Waals surface area contributed by atoms with Crippen molar-refractivity contribution in [3.05, 3.63) is 94.8 Å². The van der Waals surface area contributed by atoms with E-state index in [1.54, 1.807) is 23.5 Å². The van der Waals surface area contributed by atoms with Crippen LogP contribution in [0.3, 0.4) is 0 Å². The summed E-state index contributed by atoms with van der Waals surface area (Å²) < 4.78 is 0. The first kappa shape index (κ1) is 18.9. The standard InChI is InChI=1S/C22H16N4O5/c27-21-18-19(14-5-4-12-23-13-14)25(16-6-2-1-3-7-16)31-20(18)22(28)24(21)15-8-10-17(11-9-15)26(29)30/h1-13,18-20H/t18-,19-,20+/m1/s1. The van der Waals surface area contributed by atoms with Gasteiger partial charge >= 0.3 is 0 Å². The second-order valence-corrected chi connectivity index (χ2v) is 7.23. The van der Waals surface area contributed by atoms with Crippen LogP contribution in [0.2, 0.25) is 0 Å². The third-order valence-corrected chi connectivity index (χ3v) is 5.47. The van der Waals surface area contributed by atoms with Gasteiger partial charge < -0.3 is 0 Å². The molecule has 2 saturated heterocycles. The Labute approximate surface area is 176 Å². The summed E-state index contributed by atoms with van der Waals surface area (Å²) >= 11 is 0. The Morgan fingerprint density at radius 2 is 1.65 bits per heavy atom. The van der Waals surface area contributed by atoms with Crippen LogP contribution in [0.1, 0.15) is 11.6 Å². The molecule has 0 bridgehead atoms. The van der Waals surface area contributed by atoms with Gasteiger partial charge in [-0.05, 0) is 35.9 Å². The molecule has 9 heteroatoms. The van der Waals surface area contributed by atoms with Gasteiger partial charge in [0.1, 0.15) is 5.92 Å². The number of nitrogens with zero attached hydrogens (tertiary/aromatic N) is 4. The van der Waals surface area contributed by atoms with Crippen molar-refractivity contribution >= 4 is 28.9 Å². The number of hydroxylamine groups is 1. The third-order valence-electron chi connectivity index (χ3n) is 5.47. The Morgan fingerprint density at radius 3 is 2.29 bits per heavy atom. The number of hydrogen-bond acceptors (Lipinski definition) is 7. The molecule has 1 aromatic heterocycles. The van der Waals surface area contributed by atoms with Crippen LogP contribution in [0, 0.1) is 16.0 Å². The molecule has 0 radical (unpaired) electrons. The van der Waals surface area contributed by atoms with Crippen LogP contribution >= 0.6 is 0 Å². The number of benzene rings is 2. The Kier molecular flexibility index (Phi) is 4.45. The average molecular weight is 416 g/mol. The molecule has 2 aromatic carbocycles. The number of nitro benzene ring substituents is 1. The maximum Gasteiger partial charge on any atom is 0.269 e. The second-order valence-electron chi connectivity index (χ2n) is 7.23. The predicted octanol–water partition coefficient (Wildman–Crippen LogP) is 3.04. The fourth-order valence-corrected chi connectivity index (χ4v) is 4.08. The number of hydrogen-bond donors (Lipinski definition) is 0. The molecular formula is C22H16N4O5. The number of fused-ring (bicyclic) bond motifs is 1. The zero-order valence-electron chi connectivity index (χ0n) is 16.1. The van der Waals surface area contributed by atoms with E-state index in [-0.39, 0.29) is 11.4 Å². The number of para-hydroxylation sites is 1. The maximum atomic E-state index is 13.4. The lowest BCUT2D eigenvalue weighted by molar-refractivity contribution is -0.384. The van der Waals surface area contributed by atoms with Gasteiger partial charge in [-0.3, -0.25) is 29.5 Å². The monoisotopic (exact) mass is 416 g/mol. The van der Waals surface area contributed by atoms with Crippen molar-refractivity contribution < 1.29 is 19.3 Å². The van der Waals surface area contributed by atoms with Gasteiger partial charge in [-0.25, -0.2) is 9.96 Å². The van der Waals surface area contributed by atoms with Gasteiger partial charge in [0.05, 0.1) is 22.3 Å². The lowest BCUT2D eigenvalue weighted by Gasteiger charge is -2.28. The van der Waals surface area contributed by atoms with Crippen LogP contribution in [0.25, 0.3) is 0 Å². The fourth-order valence-electron chi connectivity index (χ4n) is 4.08. The van der Waals surface area contributed by atoms with Crippen molar-refractivity contribution in [3.63, 3.8) is 0 Å². The Bertz CT molecular complexity index is 1150. The van der Waals surface area contributed by atoms with Crippen molar-refractivity contribution in [1.82, 2.24) is 4.98 Å². The minimum absolute atomic E-state index is 0.122. The van der Waals surface area contributed by atoms with Crippen LogP contribution in [-0.4, -0.2) is 27.8 Å². The summed E-state index contributed by atoms with van der Waals surface area (Å²) in [4.78, 5) is 48.2. The van der Waals surface area contributed by atoms with Gasteiger partial charge in [0.2, 0.25) is 5.91 Å². The number of carbonyl (C=O) groups is 2. The number of non-ortho nitro benzene ring substituents is 1. The zero-order chi connectivity index (χ0) is 21.5. The van der Waals surface area contributed by atoms with Gasteiger partial charge in [0.25, 0.3) is 11.6 Å². The van der Waals surface area contributed by atoms with Gasteiger partial charge in [-0.15, -0.1) is 0 Å². The van der Waals surface area contributed by atoms with E-state index in [9.17, 15) is 19.7 Å². The van der Waals surface area contributed by atoms with E-state index >= 15 is 0 Å². The molecule has 2 aliphatic heterocycles. The number of pyridine rings is 1. The molecule has 0 spiro atoms. The predicted molar refractivity (Wildman–Crippen MR) is 110 cm³/mol. The van der Waals surface area contributed by atoms with E-state index in [0.29, 0.717) is 5.69 Å². The molecule has 0 unspecified atom stereocenters. The van der Waals surface area contributed by atoms with Crippen LogP contribution in [0.5, 0.6) is 0 Å². The summed E-state index contributed by atoms with van der Waals surface area (Å²) in [6, 6.07) is 17.6. The van der Waals surface area contributed by atoms with Crippen LogP contribution in [0.4, 0.5) is 17.1 Å². The van der Waals surface area contributed by atoms with E-state index in [2.05, 4.69) is 4.98 Å². The number of anilines is 2. The lowest BCUT2D eigenvalue weighted by atomic mass is 9.91. The molecule has 3 heterocycles. The van der Waals surface area contributed by atoms with Crippen molar-refractivity contribution in [2.24, 2.45) is 5.92 Å². The minimum atomic E-state index is -1.01. The zero-order valence-corrected chi connectivity index (χ0v) is 16.1. The van der Waals surface area contributed by atoms with Gasteiger partial charge in [0.15, 0.2) is 6.10 Å². The molecule has 0 aliphatic carbocycles. The Balaban J connectivity index is 1.54. The highest BCUT2D eigenvalue weighted by Gasteiger charge is 2.60. The first-order valence-corrected chi connectivity index (χ1v) is 9.59. The quantitative estimate of drug-likeness (QED) is 0.366. The topological polar surface area (TPSA) is 106 Å². The number of imide groups is 1. The fraction of sp³-hybridized carbons (Fsp3) is 0.136. The first-order valence-electron chi connectivity index (χ1n) is 9.59. The molecule has 3 aromatic rings. The van der Waals surface area contributed by atoms with Crippen molar-refractivity contribution in [3.8, 4) is 0 Å². The Morgan fingerprint density at radius 1 is 0.903 bits per heavy atom. The summed E-state index contributed by atoms with van der Waals surface area (Å²) in [6.07, 6.45) is 2.28. The average Bonchev–Trinajstić information content (AvgIpc) is 3.31. The highest BCUT2D eigenvalue weighted by Crippen LogP contribution is 2.47. The van der Waals surface area contributed by atoms with Gasteiger partial charge in [-0.1, -0.05) is 24.3 Å². The van der Waals surface area contributed by atoms with Gasteiger partial charge in [0, 0.05) is 24.5 Å². The molecule has 3 atom stereocenters. The van der Waals surface area contributed by atoms with Crippen molar-refractivity contribution in [2.45, 2.75) is 12.1 Å². The highest BCUT2D eigenvalue weighted by molar-refractivity contribution is 6.23. The van der Waals surface area contributed by atoms with Crippen LogP contribution < -0.4 is 9.96 Å². The molecule has 2 amide bonds. The third kappa shape index (κ3) is 3.03. The molecule has 0 saturated carbocycles. The Hall–Kier alpha value is -4.11. The molecular weight excluding hydrogens is 400 g/mol. The molecule has 2 fully saturated rings. The molecule has 31 heavy (non-hydrogen) atoms. The minimum Gasteiger partial charge on any atom is -0.273 e. The molecule has 154 valence electrons. The van der Waals surface area contributed by atoms with Gasteiger partial charge in [-0.2, -0.15) is 0 Å². The number of aromatic nitrogens is 1. The van der Waals surface area contributed by atoms with E-state index in [1.165, 1.54) is 24.3 Å². The molecule has 0 N–H and O–H groups in total. The van der Waals surface area contributed by atoms with E-state index in [1.807, 2.05) is 36.4 Å². The molecule has 5 rings (SSSR count). The number of nitro groups is 1. The largest absolute Gasteiger partial charge is 0.273 e. The molecule has 2 aliphatic rings. The van der Waals surface area contributed by atoms with E-state index < -0.39 is 34.8 Å². The normalized spacial score (nSPS) is 22.6. The van der Waals surface area contributed by atoms with E-state index in [0.717, 1.165) is 10.5 Å². The van der Waals surface area contributed by atoms with Crippen molar-refractivity contribution in [2.75, 3.05) is 9.96 Å².